The van der Waals surface area contributed by atoms with Crippen molar-refractivity contribution in [1.29, 1.82) is 0 Å². The monoisotopic (exact) mass is 239 g/mol. The number of alkyl halides is 6. The third-order valence-electron chi connectivity index (χ3n) is 1.54. The summed E-state index contributed by atoms with van der Waals surface area (Å²) >= 11 is 0. The summed E-state index contributed by atoms with van der Waals surface area (Å²) in [6.07, 6.45) is -14.6. The maximum Gasteiger partial charge on any atom is 0.423 e. The molecule has 0 rings (SSSR count). The highest BCUT2D eigenvalue weighted by Crippen LogP contribution is 2.35. The summed E-state index contributed by atoms with van der Waals surface area (Å²) in [4.78, 5) is 0. The second-order valence-corrected chi connectivity index (χ2v) is 3.14. The van der Waals surface area contributed by atoms with Crippen LogP contribution in [0.25, 0.3) is 0 Å². The molecule has 0 bridgehead atoms. The number of rotatable bonds is 4. The first-order valence-electron chi connectivity index (χ1n) is 4.04. The number of nitrogens with two attached hydrogens (primary N) is 1. The van der Waals surface area contributed by atoms with Gasteiger partial charge in [0.1, 0.15) is 0 Å². The molecule has 0 aliphatic heterocycles. The van der Waals surface area contributed by atoms with E-state index in [0.29, 0.717) is 0 Å². The molecular formula is C7H11F6NO. The van der Waals surface area contributed by atoms with Gasteiger partial charge in [0.2, 0.25) is 6.10 Å². The van der Waals surface area contributed by atoms with E-state index in [-0.39, 0.29) is 6.54 Å². The molecule has 2 nitrogen and oxygen atoms in total. The predicted octanol–water partition coefficient (Wildman–Crippen LogP) is 2.09. The van der Waals surface area contributed by atoms with Gasteiger partial charge < -0.3 is 10.5 Å². The van der Waals surface area contributed by atoms with Crippen LogP contribution in [-0.4, -0.2) is 31.6 Å². The fourth-order valence-corrected chi connectivity index (χ4v) is 0.703. The van der Waals surface area contributed by atoms with Gasteiger partial charge in [-0.2, -0.15) is 26.3 Å². The Balaban J connectivity index is 4.42. The summed E-state index contributed by atoms with van der Waals surface area (Å²) in [6.45, 7) is 0.673. The van der Waals surface area contributed by atoms with Gasteiger partial charge in [0.15, 0.2) is 0 Å². The van der Waals surface area contributed by atoms with E-state index in [0.717, 1.165) is 0 Å². The number of hydrogen-bond donors (Lipinski definition) is 1. The first kappa shape index (κ1) is 14.5. The van der Waals surface area contributed by atoms with Crippen LogP contribution in [0.5, 0.6) is 0 Å². The topological polar surface area (TPSA) is 35.2 Å². The smallest absolute Gasteiger partial charge is 0.361 e. The lowest BCUT2D eigenvalue weighted by molar-refractivity contribution is -0.323. The van der Waals surface area contributed by atoms with E-state index in [1.165, 1.54) is 6.92 Å². The van der Waals surface area contributed by atoms with Crippen LogP contribution < -0.4 is 5.73 Å². The Morgan fingerprint density at radius 2 is 1.47 bits per heavy atom. The summed E-state index contributed by atoms with van der Waals surface area (Å²) in [6, 6.07) is 0. The van der Waals surface area contributed by atoms with Gasteiger partial charge in [-0.3, -0.25) is 0 Å². The number of ether oxygens (including phenoxy) is 1. The van der Waals surface area contributed by atoms with Crippen LogP contribution in [0.3, 0.4) is 0 Å². The van der Waals surface area contributed by atoms with Gasteiger partial charge in [-0.05, 0) is 12.5 Å². The first-order chi connectivity index (χ1) is 6.59. The first-order valence-corrected chi connectivity index (χ1v) is 4.04. The fraction of sp³-hybridized carbons (Fsp3) is 1.00. The molecular weight excluding hydrogens is 228 g/mol. The summed E-state index contributed by atoms with van der Waals surface area (Å²) in [5.41, 5.74) is 5.03. The Hall–Kier alpha value is -0.500. The molecule has 0 aliphatic carbocycles. The highest BCUT2D eigenvalue weighted by Gasteiger charge is 2.57. The lowest BCUT2D eigenvalue weighted by atomic mass is 10.2. The van der Waals surface area contributed by atoms with Crippen LogP contribution in [0, 0.1) is 5.92 Å². The lowest BCUT2D eigenvalue weighted by Crippen LogP contribution is -2.45. The van der Waals surface area contributed by atoms with E-state index in [1.54, 1.807) is 0 Å². The molecule has 1 unspecified atom stereocenters. The van der Waals surface area contributed by atoms with Crippen molar-refractivity contribution >= 4 is 0 Å². The van der Waals surface area contributed by atoms with Crippen molar-refractivity contribution in [2.24, 2.45) is 11.7 Å². The van der Waals surface area contributed by atoms with Gasteiger partial charge in [0.05, 0.1) is 6.61 Å². The Morgan fingerprint density at radius 3 is 1.73 bits per heavy atom. The lowest BCUT2D eigenvalue weighted by Gasteiger charge is -2.24. The Labute approximate surface area is 82.4 Å². The van der Waals surface area contributed by atoms with Crippen molar-refractivity contribution in [3.05, 3.63) is 0 Å². The third kappa shape index (κ3) is 5.22. The maximum atomic E-state index is 11.9. The Bertz CT molecular complexity index is 175. The molecule has 0 saturated carbocycles. The SMILES string of the molecule is CC(CN)COC(C(F)(F)F)C(F)(F)F. The molecule has 0 heterocycles. The fourth-order valence-electron chi connectivity index (χ4n) is 0.703. The van der Waals surface area contributed by atoms with E-state index < -0.39 is 31.0 Å². The largest absolute Gasteiger partial charge is 0.423 e. The maximum absolute atomic E-state index is 11.9. The molecule has 15 heavy (non-hydrogen) atoms. The normalized spacial score (nSPS) is 15.8. The van der Waals surface area contributed by atoms with E-state index >= 15 is 0 Å². The van der Waals surface area contributed by atoms with Crippen LogP contribution in [0.2, 0.25) is 0 Å². The Morgan fingerprint density at radius 1 is 1.07 bits per heavy atom. The summed E-state index contributed by atoms with van der Waals surface area (Å²) in [7, 11) is 0. The molecule has 0 aromatic rings. The molecule has 2 N–H and O–H groups in total. The van der Waals surface area contributed by atoms with Crippen LogP contribution >= 0.6 is 0 Å². The third-order valence-corrected chi connectivity index (χ3v) is 1.54. The van der Waals surface area contributed by atoms with E-state index in [2.05, 4.69) is 4.74 Å². The second-order valence-electron chi connectivity index (χ2n) is 3.14. The van der Waals surface area contributed by atoms with Crippen molar-refractivity contribution in [1.82, 2.24) is 0 Å². The van der Waals surface area contributed by atoms with Crippen LogP contribution in [0.15, 0.2) is 0 Å². The van der Waals surface area contributed by atoms with Crippen molar-refractivity contribution < 1.29 is 31.1 Å². The summed E-state index contributed by atoms with van der Waals surface area (Å²) in [5.74, 6) is -0.558. The zero-order valence-corrected chi connectivity index (χ0v) is 7.82. The molecule has 0 aromatic heterocycles. The minimum absolute atomic E-state index is 0.0393. The zero-order chi connectivity index (χ0) is 12.3. The molecule has 0 fully saturated rings. The molecule has 0 saturated heterocycles. The number of hydrogen-bond acceptors (Lipinski definition) is 2. The predicted molar refractivity (Wildman–Crippen MR) is 40.1 cm³/mol. The van der Waals surface area contributed by atoms with Crippen molar-refractivity contribution in [3.8, 4) is 0 Å². The quantitative estimate of drug-likeness (QED) is 0.762. The molecule has 1 atom stereocenters. The highest BCUT2D eigenvalue weighted by molar-refractivity contribution is 4.76. The van der Waals surface area contributed by atoms with E-state index in [9.17, 15) is 26.3 Å². The second kappa shape index (κ2) is 5.02. The zero-order valence-electron chi connectivity index (χ0n) is 7.82. The van der Waals surface area contributed by atoms with E-state index in [4.69, 9.17) is 5.73 Å². The van der Waals surface area contributed by atoms with Gasteiger partial charge in [-0.1, -0.05) is 6.92 Å². The minimum Gasteiger partial charge on any atom is -0.361 e. The van der Waals surface area contributed by atoms with Gasteiger partial charge in [0, 0.05) is 0 Å². The molecule has 0 amide bonds. The molecule has 8 heteroatoms. The molecule has 0 spiro atoms. The average molecular weight is 239 g/mol. The molecule has 92 valence electrons. The van der Waals surface area contributed by atoms with Gasteiger partial charge in [-0.25, -0.2) is 0 Å². The van der Waals surface area contributed by atoms with Crippen LogP contribution in [-0.2, 0) is 4.74 Å². The van der Waals surface area contributed by atoms with E-state index in [1.807, 2.05) is 0 Å². The highest BCUT2D eigenvalue weighted by atomic mass is 19.4. The van der Waals surface area contributed by atoms with Gasteiger partial charge >= 0.3 is 12.4 Å². The van der Waals surface area contributed by atoms with Crippen LogP contribution in [0.1, 0.15) is 6.92 Å². The molecule has 0 aliphatic rings. The van der Waals surface area contributed by atoms with Crippen molar-refractivity contribution in [3.63, 3.8) is 0 Å². The summed E-state index contributed by atoms with van der Waals surface area (Å²) < 4.78 is 75.2. The van der Waals surface area contributed by atoms with Crippen molar-refractivity contribution in [2.45, 2.75) is 25.4 Å². The standard InChI is InChI=1S/C7H11F6NO/c1-4(2-14)3-15-5(6(8,9)10)7(11,12)13/h4-5H,2-3,14H2,1H3. The van der Waals surface area contributed by atoms with Gasteiger partial charge in [-0.15, -0.1) is 0 Å². The van der Waals surface area contributed by atoms with Gasteiger partial charge in [0.25, 0.3) is 0 Å². The molecule has 0 aromatic carbocycles. The van der Waals surface area contributed by atoms with Crippen LogP contribution in [0.4, 0.5) is 26.3 Å². The molecule has 0 radical (unpaired) electrons. The number of halogens is 6. The average Bonchev–Trinajstić information content (AvgIpc) is 1.99. The summed E-state index contributed by atoms with van der Waals surface area (Å²) in [5, 5.41) is 0. The minimum atomic E-state index is -5.45. The van der Waals surface area contributed by atoms with Crippen molar-refractivity contribution in [2.75, 3.05) is 13.2 Å². The Kier molecular flexibility index (Phi) is 4.85.